The summed E-state index contributed by atoms with van der Waals surface area (Å²) < 4.78 is 10.0. The molecule has 0 bridgehead atoms. The third-order valence-electron chi connectivity index (χ3n) is 3.66. The van der Waals surface area contributed by atoms with Crippen molar-refractivity contribution in [2.75, 3.05) is 31.5 Å². The van der Waals surface area contributed by atoms with Gasteiger partial charge in [0.25, 0.3) is 0 Å². The number of carbonyl (C=O) groups is 2. The molecule has 23 heavy (non-hydrogen) atoms. The van der Waals surface area contributed by atoms with Crippen molar-refractivity contribution >= 4 is 23.2 Å². The van der Waals surface area contributed by atoms with Gasteiger partial charge in [0, 0.05) is 18.7 Å². The van der Waals surface area contributed by atoms with Gasteiger partial charge in [0.05, 0.1) is 12.8 Å². The maximum atomic E-state index is 12.3. The molecule has 0 spiro atoms. The van der Waals surface area contributed by atoms with Crippen molar-refractivity contribution in [2.24, 2.45) is 5.92 Å². The Labute approximate surface area is 135 Å². The summed E-state index contributed by atoms with van der Waals surface area (Å²) in [5.74, 6) is 0.224. The van der Waals surface area contributed by atoms with Gasteiger partial charge >= 0.3 is 0 Å². The zero-order chi connectivity index (χ0) is 16.7. The first-order valence-electron chi connectivity index (χ1n) is 7.56. The summed E-state index contributed by atoms with van der Waals surface area (Å²) in [5.41, 5.74) is 1.12. The number of nitrogens with one attached hydrogen (secondary N) is 2. The maximum absolute atomic E-state index is 12.3. The van der Waals surface area contributed by atoms with E-state index in [0.29, 0.717) is 17.1 Å². The minimum Gasteiger partial charge on any atom is -0.495 e. The van der Waals surface area contributed by atoms with Crippen LogP contribution >= 0.6 is 0 Å². The third kappa shape index (κ3) is 4.82. The summed E-state index contributed by atoms with van der Waals surface area (Å²) >= 11 is 0. The van der Waals surface area contributed by atoms with E-state index < -0.39 is 0 Å². The Bertz CT molecular complexity index is 598. The fourth-order valence-corrected chi connectivity index (χ4v) is 2.48. The number of methoxy groups -OCH3 is 2. The van der Waals surface area contributed by atoms with E-state index in [2.05, 4.69) is 16.7 Å². The van der Waals surface area contributed by atoms with E-state index in [4.69, 9.17) is 9.47 Å². The number of benzene rings is 1. The van der Waals surface area contributed by atoms with Crippen LogP contribution in [-0.4, -0.2) is 32.6 Å². The van der Waals surface area contributed by atoms with Crippen LogP contribution in [0.25, 0.3) is 0 Å². The number of anilines is 2. The lowest BCUT2D eigenvalue weighted by Gasteiger charge is -2.18. The number of carbonyl (C=O) groups excluding carboxylic acids is 2. The molecule has 2 N–H and O–H groups in total. The summed E-state index contributed by atoms with van der Waals surface area (Å²) in [6.45, 7) is -0.0475. The predicted molar refractivity (Wildman–Crippen MR) is 88.6 cm³/mol. The first kappa shape index (κ1) is 17.0. The van der Waals surface area contributed by atoms with Gasteiger partial charge in [0.2, 0.25) is 11.8 Å². The van der Waals surface area contributed by atoms with Crippen molar-refractivity contribution in [1.29, 1.82) is 0 Å². The van der Waals surface area contributed by atoms with Gasteiger partial charge in [-0.15, -0.1) is 0 Å². The van der Waals surface area contributed by atoms with E-state index in [-0.39, 0.29) is 24.3 Å². The Hall–Kier alpha value is -2.34. The zero-order valence-electron chi connectivity index (χ0n) is 13.4. The van der Waals surface area contributed by atoms with Crippen LogP contribution in [0.3, 0.4) is 0 Å². The Morgan fingerprint density at radius 2 is 2.04 bits per heavy atom. The monoisotopic (exact) mass is 318 g/mol. The molecule has 0 aliphatic heterocycles. The topological polar surface area (TPSA) is 76.7 Å². The Morgan fingerprint density at radius 3 is 2.70 bits per heavy atom. The molecule has 6 heteroatoms. The Balaban J connectivity index is 2.08. The minimum absolute atomic E-state index is 0.00585. The number of amides is 2. The molecule has 1 aliphatic rings. The van der Waals surface area contributed by atoms with E-state index in [0.717, 1.165) is 19.3 Å². The number of rotatable bonds is 6. The highest BCUT2D eigenvalue weighted by Crippen LogP contribution is 2.28. The van der Waals surface area contributed by atoms with Gasteiger partial charge < -0.3 is 20.1 Å². The van der Waals surface area contributed by atoms with Gasteiger partial charge in [-0.25, -0.2) is 0 Å². The van der Waals surface area contributed by atoms with Crippen molar-refractivity contribution < 1.29 is 19.1 Å². The van der Waals surface area contributed by atoms with Crippen LogP contribution in [-0.2, 0) is 14.3 Å². The van der Waals surface area contributed by atoms with Crippen molar-refractivity contribution in [1.82, 2.24) is 0 Å². The first-order chi connectivity index (χ1) is 11.1. The molecule has 0 aromatic heterocycles. The molecule has 1 unspecified atom stereocenters. The molecule has 1 aliphatic carbocycles. The van der Waals surface area contributed by atoms with Crippen LogP contribution in [0, 0.1) is 5.92 Å². The summed E-state index contributed by atoms with van der Waals surface area (Å²) in [6.07, 6.45) is 6.69. The normalized spacial score (nSPS) is 16.7. The second kappa shape index (κ2) is 8.33. The number of ether oxygens (including phenoxy) is 2. The minimum atomic E-state index is -0.285. The SMILES string of the molecule is COCC(=O)Nc1cc(NC(=O)C2CC=CCC2)ccc1OC. The molecule has 1 atom stereocenters. The van der Waals surface area contributed by atoms with Crippen LogP contribution in [0.15, 0.2) is 30.4 Å². The highest BCUT2D eigenvalue weighted by molar-refractivity contribution is 5.96. The summed E-state index contributed by atoms with van der Waals surface area (Å²) in [6, 6.07) is 5.14. The molecule has 0 saturated heterocycles. The van der Waals surface area contributed by atoms with Crippen LogP contribution in [0.2, 0.25) is 0 Å². The number of hydrogen-bond acceptors (Lipinski definition) is 4. The zero-order valence-corrected chi connectivity index (χ0v) is 13.4. The molecule has 2 amide bonds. The summed E-state index contributed by atoms with van der Waals surface area (Å²) in [4.78, 5) is 23.9. The smallest absolute Gasteiger partial charge is 0.250 e. The fourth-order valence-electron chi connectivity index (χ4n) is 2.48. The lowest BCUT2D eigenvalue weighted by molar-refractivity contribution is -0.120. The van der Waals surface area contributed by atoms with Crippen molar-refractivity contribution in [2.45, 2.75) is 19.3 Å². The predicted octanol–water partition coefficient (Wildman–Crippen LogP) is 2.57. The fraction of sp³-hybridized carbons (Fsp3) is 0.412. The summed E-state index contributed by atoms with van der Waals surface area (Å²) in [5, 5.41) is 5.60. The third-order valence-corrected chi connectivity index (χ3v) is 3.66. The molecular weight excluding hydrogens is 296 g/mol. The van der Waals surface area contributed by atoms with E-state index in [1.54, 1.807) is 18.2 Å². The molecule has 1 aromatic carbocycles. The number of allylic oxidation sites excluding steroid dienone is 2. The highest BCUT2D eigenvalue weighted by Gasteiger charge is 2.19. The lowest BCUT2D eigenvalue weighted by atomic mass is 9.93. The molecule has 0 radical (unpaired) electrons. The van der Waals surface area contributed by atoms with Gasteiger partial charge in [-0.1, -0.05) is 12.2 Å². The molecule has 0 saturated carbocycles. The molecule has 2 rings (SSSR count). The summed E-state index contributed by atoms with van der Waals surface area (Å²) in [7, 11) is 2.97. The van der Waals surface area contributed by atoms with E-state index in [1.165, 1.54) is 14.2 Å². The van der Waals surface area contributed by atoms with E-state index in [9.17, 15) is 9.59 Å². The van der Waals surface area contributed by atoms with Crippen molar-refractivity contribution in [3.05, 3.63) is 30.4 Å². The molecular formula is C17H22N2O4. The molecule has 0 heterocycles. The van der Waals surface area contributed by atoms with Gasteiger partial charge in [-0.3, -0.25) is 9.59 Å². The standard InChI is InChI=1S/C17H22N2O4/c1-22-11-16(20)19-14-10-13(8-9-15(14)23-2)18-17(21)12-6-4-3-5-7-12/h3-4,8-10,12H,5-7,11H2,1-2H3,(H,18,21)(H,19,20). The quantitative estimate of drug-likeness (QED) is 0.790. The highest BCUT2D eigenvalue weighted by atomic mass is 16.5. The van der Waals surface area contributed by atoms with Gasteiger partial charge in [-0.2, -0.15) is 0 Å². The van der Waals surface area contributed by atoms with Crippen LogP contribution in [0.1, 0.15) is 19.3 Å². The molecule has 0 fully saturated rings. The second-order valence-electron chi connectivity index (χ2n) is 5.37. The van der Waals surface area contributed by atoms with E-state index in [1.807, 2.05) is 6.08 Å². The van der Waals surface area contributed by atoms with Crippen LogP contribution in [0.4, 0.5) is 11.4 Å². The van der Waals surface area contributed by atoms with Gasteiger partial charge in [0.15, 0.2) is 0 Å². The first-order valence-corrected chi connectivity index (χ1v) is 7.56. The van der Waals surface area contributed by atoms with Gasteiger partial charge in [-0.05, 0) is 37.5 Å². The lowest BCUT2D eigenvalue weighted by Crippen LogP contribution is -2.23. The van der Waals surface area contributed by atoms with Crippen molar-refractivity contribution in [3.8, 4) is 5.75 Å². The van der Waals surface area contributed by atoms with E-state index >= 15 is 0 Å². The molecule has 1 aromatic rings. The largest absolute Gasteiger partial charge is 0.495 e. The average molecular weight is 318 g/mol. The molecule has 6 nitrogen and oxygen atoms in total. The van der Waals surface area contributed by atoms with Crippen LogP contribution < -0.4 is 15.4 Å². The van der Waals surface area contributed by atoms with Crippen molar-refractivity contribution in [3.63, 3.8) is 0 Å². The molecule has 124 valence electrons. The average Bonchev–Trinajstić information content (AvgIpc) is 2.56. The van der Waals surface area contributed by atoms with Crippen LogP contribution in [0.5, 0.6) is 5.75 Å². The second-order valence-corrected chi connectivity index (χ2v) is 5.37. The Morgan fingerprint density at radius 1 is 1.22 bits per heavy atom. The number of hydrogen-bond donors (Lipinski definition) is 2. The maximum Gasteiger partial charge on any atom is 0.250 e. The Kier molecular flexibility index (Phi) is 6.17. The van der Waals surface area contributed by atoms with Gasteiger partial charge in [0.1, 0.15) is 12.4 Å².